The van der Waals surface area contributed by atoms with Crippen molar-refractivity contribution in [1.29, 1.82) is 0 Å². The van der Waals surface area contributed by atoms with Crippen molar-refractivity contribution in [2.75, 3.05) is 24.6 Å². The molecule has 0 unspecified atom stereocenters. The molecule has 0 heterocycles. The summed E-state index contributed by atoms with van der Waals surface area (Å²) < 4.78 is 36.9. The molecule has 0 bridgehead atoms. The van der Waals surface area contributed by atoms with E-state index < -0.39 is 36.8 Å². The van der Waals surface area contributed by atoms with E-state index in [2.05, 4.69) is 0 Å². The number of hydrogen-bond acceptors (Lipinski definition) is 5. The summed E-state index contributed by atoms with van der Waals surface area (Å²) in [5.41, 5.74) is 0.120. The van der Waals surface area contributed by atoms with Gasteiger partial charge in [-0.3, -0.25) is 10.1 Å². The van der Waals surface area contributed by atoms with Gasteiger partial charge in [-0.25, -0.2) is 0 Å². The molecule has 0 aliphatic rings. The molecule has 0 aliphatic heterocycles. The van der Waals surface area contributed by atoms with Crippen LogP contribution in [0.4, 0.5) is 24.5 Å². The zero-order chi connectivity index (χ0) is 16.0. The topological polar surface area (TPSA) is 86.8 Å². The van der Waals surface area contributed by atoms with Crippen LogP contribution in [0.25, 0.3) is 0 Å². The average molecular weight is 308 g/mol. The number of anilines is 1. The summed E-state index contributed by atoms with van der Waals surface area (Å²) in [7, 11) is 0. The van der Waals surface area contributed by atoms with Crippen molar-refractivity contribution in [3.8, 4) is 0 Å². The van der Waals surface area contributed by atoms with Gasteiger partial charge in [0.1, 0.15) is 0 Å². The minimum atomic E-state index is -4.36. The molecule has 21 heavy (non-hydrogen) atoms. The van der Waals surface area contributed by atoms with E-state index in [1.807, 2.05) is 0 Å². The molecule has 0 radical (unpaired) electrons. The maximum absolute atomic E-state index is 12.3. The van der Waals surface area contributed by atoms with Crippen LogP contribution in [0, 0.1) is 10.1 Å². The highest BCUT2D eigenvalue weighted by Gasteiger charge is 2.28. The number of aliphatic hydroxyl groups is 2. The van der Waals surface area contributed by atoms with Crippen molar-refractivity contribution >= 4 is 11.4 Å². The number of non-ortho nitro benzene ring substituents is 1. The van der Waals surface area contributed by atoms with E-state index in [0.29, 0.717) is 5.69 Å². The monoisotopic (exact) mass is 308 g/mol. The largest absolute Gasteiger partial charge is 0.394 e. The van der Waals surface area contributed by atoms with Crippen LogP contribution in [0.3, 0.4) is 0 Å². The van der Waals surface area contributed by atoms with Crippen LogP contribution in [-0.4, -0.2) is 47.1 Å². The van der Waals surface area contributed by atoms with E-state index in [9.17, 15) is 28.4 Å². The second kappa shape index (κ2) is 7.23. The van der Waals surface area contributed by atoms with Gasteiger partial charge in [-0.1, -0.05) is 0 Å². The summed E-state index contributed by atoms with van der Waals surface area (Å²) in [6.45, 7) is -1.21. The molecular weight excluding hydrogens is 293 g/mol. The van der Waals surface area contributed by atoms with E-state index in [1.165, 1.54) is 29.2 Å². The Labute approximate surface area is 118 Å². The molecule has 9 heteroatoms. The number of nitro benzene ring substituents is 1. The number of nitrogens with zero attached hydrogens (tertiary/aromatic N) is 2. The highest BCUT2D eigenvalue weighted by atomic mass is 19.4. The standard InChI is InChI=1S/C12H15F3N2O4/c13-12(14,15)5-6-16(7-11(19)8-18)9-1-3-10(4-2-9)17(20)21/h1-4,11,18-19H,5-8H2/t11-/m0/s1. The predicted molar refractivity (Wildman–Crippen MR) is 69.1 cm³/mol. The van der Waals surface area contributed by atoms with Crippen LogP contribution in [0.1, 0.15) is 6.42 Å². The van der Waals surface area contributed by atoms with Crippen molar-refractivity contribution in [1.82, 2.24) is 0 Å². The molecule has 0 amide bonds. The molecule has 1 rings (SSSR count). The summed E-state index contributed by atoms with van der Waals surface area (Å²) in [6, 6.07) is 4.94. The molecule has 118 valence electrons. The molecule has 0 spiro atoms. The Morgan fingerprint density at radius 3 is 2.29 bits per heavy atom. The molecule has 0 saturated heterocycles. The van der Waals surface area contributed by atoms with Crippen LogP contribution in [0.15, 0.2) is 24.3 Å². The molecular formula is C12H15F3N2O4. The van der Waals surface area contributed by atoms with Gasteiger partial charge in [0.15, 0.2) is 0 Å². The first-order valence-electron chi connectivity index (χ1n) is 6.08. The van der Waals surface area contributed by atoms with Gasteiger partial charge in [-0.2, -0.15) is 13.2 Å². The SMILES string of the molecule is O=[N+]([O-])c1ccc(N(CCC(F)(F)F)C[C@H](O)CO)cc1. The van der Waals surface area contributed by atoms with Crippen molar-refractivity contribution < 1.29 is 28.3 Å². The van der Waals surface area contributed by atoms with Gasteiger partial charge in [-0.15, -0.1) is 0 Å². The molecule has 0 fully saturated rings. The fourth-order valence-electron chi connectivity index (χ4n) is 1.68. The van der Waals surface area contributed by atoms with Gasteiger partial charge >= 0.3 is 6.18 Å². The maximum Gasteiger partial charge on any atom is 0.390 e. The summed E-state index contributed by atoms with van der Waals surface area (Å²) in [6.07, 6.45) is -6.65. The zero-order valence-corrected chi connectivity index (χ0v) is 11.0. The van der Waals surface area contributed by atoms with Crippen LogP contribution < -0.4 is 4.90 Å². The summed E-state index contributed by atoms with van der Waals surface area (Å²) >= 11 is 0. The Bertz CT molecular complexity index is 465. The van der Waals surface area contributed by atoms with Gasteiger partial charge in [-0.05, 0) is 12.1 Å². The Hall–Kier alpha value is -1.87. The number of halogens is 3. The first-order chi connectivity index (χ1) is 9.73. The zero-order valence-electron chi connectivity index (χ0n) is 11.0. The number of aliphatic hydroxyl groups excluding tert-OH is 2. The number of nitro groups is 1. The fraction of sp³-hybridized carbons (Fsp3) is 0.500. The Morgan fingerprint density at radius 2 is 1.86 bits per heavy atom. The molecule has 6 nitrogen and oxygen atoms in total. The lowest BCUT2D eigenvalue weighted by molar-refractivity contribution is -0.384. The minimum absolute atomic E-state index is 0.183. The van der Waals surface area contributed by atoms with Gasteiger partial charge in [0.2, 0.25) is 0 Å². The van der Waals surface area contributed by atoms with E-state index in [0.717, 1.165) is 0 Å². The third-order valence-corrected chi connectivity index (χ3v) is 2.73. The number of rotatable bonds is 7. The lowest BCUT2D eigenvalue weighted by Crippen LogP contribution is -2.36. The average Bonchev–Trinajstić information content (AvgIpc) is 2.42. The quantitative estimate of drug-likeness (QED) is 0.591. The van der Waals surface area contributed by atoms with Gasteiger partial charge in [0, 0.05) is 30.9 Å². The first kappa shape index (κ1) is 17.2. The lowest BCUT2D eigenvalue weighted by Gasteiger charge is -2.27. The van der Waals surface area contributed by atoms with Crippen LogP contribution in [0.2, 0.25) is 0 Å². The van der Waals surface area contributed by atoms with Crippen molar-refractivity contribution in [2.45, 2.75) is 18.7 Å². The molecule has 0 aromatic heterocycles. The van der Waals surface area contributed by atoms with Crippen LogP contribution in [0.5, 0.6) is 0 Å². The normalized spacial score (nSPS) is 13.0. The highest BCUT2D eigenvalue weighted by molar-refractivity contribution is 5.51. The highest BCUT2D eigenvalue weighted by Crippen LogP contribution is 2.24. The predicted octanol–water partition coefficient (Wildman–Crippen LogP) is 1.71. The van der Waals surface area contributed by atoms with E-state index in [1.54, 1.807) is 0 Å². The Balaban J connectivity index is 2.86. The van der Waals surface area contributed by atoms with E-state index in [-0.39, 0.29) is 12.2 Å². The van der Waals surface area contributed by atoms with E-state index in [4.69, 9.17) is 5.11 Å². The summed E-state index contributed by atoms with van der Waals surface area (Å²) in [4.78, 5) is 11.1. The number of benzene rings is 1. The van der Waals surface area contributed by atoms with Crippen molar-refractivity contribution in [3.05, 3.63) is 34.4 Å². The number of alkyl halides is 3. The first-order valence-corrected chi connectivity index (χ1v) is 6.08. The molecule has 0 aliphatic carbocycles. The molecule has 1 atom stereocenters. The van der Waals surface area contributed by atoms with Gasteiger partial charge in [0.05, 0.1) is 24.1 Å². The second-order valence-electron chi connectivity index (χ2n) is 4.42. The third kappa shape index (κ3) is 5.96. The summed E-state index contributed by atoms with van der Waals surface area (Å²) in [5.74, 6) is 0. The molecule has 1 aromatic carbocycles. The summed E-state index contributed by atoms with van der Waals surface area (Å²) in [5, 5.41) is 28.7. The van der Waals surface area contributed by atoms with Gasteiger partial charge < -0.3 is 15.1 Å². The molecule has 1 aromatic rings. The third-order valence-electron chi connectivity index (χ3n) is 2.73. The Morgan fingerprint density at radius 1 is 1.29 bits per heavy atom. The van der Waals surface area contributed by atoms with Gasteiger partial charge in [0.25, 0.3) is 5.69 Å². The van der Waals surface area contributed by atoms with Crippen LogP contribution in [-0.2, 0) is 0 Å². The molecule has 0 saturated carbocycles. The van der Waals surface area contributed by atoms with Crippen molar-refractivity contribution in [2.24, 2.45) is 0 Å². The van der Waals surface area contributed by atoms with Crippen molar-refractivity contribution in [3.63, 3.8) is 0 Å². The fourth-order valence-corrected chi connectivity index (χ4v) is 1.68. The lowest BCUT2D eigenvalue weighted by atomic mass is 10.2. The smallest absolute Gasteiger partial charge is 0.390 e. The Kier molecular flexibility index (Phi) is 5.91. The van der Waals surface area contributed by atoms with E-state index >= 15 is 0 Å². The second-order valence-corrected chi connectivity index (χ2v) is 4.42. The van der Waals surface area contributed by atoms with Crippen LogP contribution >= 0.6 is 0 Å². The maximum atomic E-state index is 12.3. The minimum Gasteiger partial charge on any atom is -0.394 e. The number of hydrogen-bond donors (Lipinski definition) is 2. The molecule has 2 N–H and O–H groups in total.